The number of likely N-dealkylation sites (tertiary alicyclic amines) is 1. The molecule has 0 saturated carbocycles. The molecule has 0 unspecified atom stereocenters. The van der Waals surface area contributed by atoms with E-state index in [-0.39, 0.29) is 36.8 Å². The van der Waals surface area contributed by atoms with E-state index in [1.165, 1.54) is 11.8 Å². The van der Waals surface area contributed by atoms with Crippen molar-refractivity contribution < 1.29 is 33.8 Å². The Balaban J connectivity index is 0.00000128. The Kier molecular flexibility index (Phi) is 15.8. The van der Waals surface area contributed by atoms with Crippen molar-refractivity contribution in [2.24, 2.45) is 5.92 Å². The summed E-state index contributed by atoms with van der Waals surface area (Å²) < 4.78 is 17.8. The second kappa shape index (κ2) is 20.0. The standard InChI is InChI=1S/C35H44N4O6.C2H4O2.CH4/c1-27(2)25-44-34-24-32(12-13-33(34)39(41)42)45-31-14-18-38(19-15-31)35(40)16-17-36-20-22-37(23-21-36)29-8-10-30(11-9-29)43-26-28-6-4-3-5-7-28;1-2(3)4;/h3-13,24,27,31H,14-23,25-26H2,1-2H3;1H3,(H,3,4);1H4. The summed E-state index contributed by atoms with van der Waals surface area (Å²) in [6, 6.07) is 23.1. The molecule has 0 spiro atoms. The van der Waals surface area contributed by atoms with E-state index >= 15 is 0 Å². The molecule has 3 aromatic rings. The van der Waals surface area contributed by atoms with Gasteiger partial charge in [0, 0.05) is 89.8 Å². The van der Waals surface area contributed by atoms with Crippen LogP contribution in [0, 0.1) is 16.0 Å². The van der Waals surface area contributed by atoms with Crippen LogP contribution in [0.3, 0.4) is 0 Å². The van der Waals surface area contributed by atoms with Crippen LogP contribution in [0.15, 0.2) is 72.8 Å². The maximum absolute atomic E-state index is 13.0. The number of rotatable bonds is 13. The molecule has 0 radical (unpaired) electrons. The van der Waals surface area contributed by atoms with Crippen LogP contribution < -0.4 is 19.1 Å². The van der Waals surface area contributed by atoms with E-state index in [2.05, 4.69) is 34.1 Å². The zero-order chi connectivity index (χ0) is 35.2. The van der Waals surface area contributed by atoms with Gasteiger partial charge < -0.3 is 29.1 Å². The molecule has 5 rings (SSSR count). The first-order chi connectivity index (χ1) is 23.6. The lowest BCUT2D eigenvalue weighted by Crippen LogP contribution is -2.48. The summed E-state index contributed by atoms with van der Waals surface area (Å²) in [6.07, 6.45) is 1.91. The summed E-state index contributed by atoms with van der Waals surface area (Å²) in [4.78, 5) is 39.6. The van der Waals surface area contributed by atoms with Gasteiger partial charge in [0.2, 0.25) is 11.7 Å². The second-order valence-corrected chi connectivity index (χ2v) is 12.7. The molecule has 12 heteroatoms. The third-order valence-electron chi connectivity index (χ3n) is 8.26. The number of nitro groups is 1. The van der Waals surface area contributed by atoms with Gasteiger partial charge in [-0.15, -0.1) is 0 Å². The van der Waals surface area contributed by atoms with Crippen LogP contribution >= 0.6 is 0 Å². The van der Waals surface area contributed by atoms with Gasteiger partial charge in [-0.05, 0) is 41.8 Å². The van der Waals surface area contributed by atoms with E-state index in [1.807, 2.05) is 49.1 Å². The summed E-state index contributed by atoms with van der Waals surface area (Å²) in [5, 5.41) is 18.8. The van der Waals surface area contributed by atoms with Gasteiger partial charge in [-0.3, -0.25) is 24.6 Å². The summed E-state index contributed by atoms with van der Waals surface area (Å²) in [5.74, 6) is 1.23. The Bertz CT molecular complexity index is 1480. The van der Waals surface area contributed by atoms with Crippen molar-refractivity contribution in [1.29, 1.82) is 0 Å². The molecule has 2 saturated heterocycles. The summed E-state index contributed by atoms with van der Waals surface area (Å²) in [7, 11) is 0. The van der Waals surface area contributed by atoms with Gasteiger partial charge in [0.05, 0.1) is 11.5 Å². The minimum atomic E-state index is -0.833. The number of carbonyl (C=O) groups is 2. The van der Waals surface area contributed by atoms with Crippen molar-refractivity contribution in [3.63, 3.8) is 0 Å². The van der Waals surface area contributed by atoms with Crippen molar-refractivity contribution in [2.45, 2.75) is 60.2 Å². The molecule has 3 aromatic carbocycles. The number of nitro benzene ring substituents is 1. The fraction of sp³-hybridized carbons (Fsp3) is 0.474. The molecule has 1 amide bonds. The van der Waals surface area contributed by atoms with Crippen LogP contribution in [0.25, 0.3) is 0 Å². The molecule has 1 N–H and O–H groups in total. The number of carbonyl (C=O) groups excluding carboxylic acids is 1. The van der Waals surface area contributed by atoms with Crippen molar-refractivity contribution in [1.82, 2.24) is 9.80 Å². The lowest BCUT2D eigenvalue weighted by atomic mass is 10.1. The van der Waals surface area contributed by atoms with E-state index < -0.39 is 10.9 Å². The molecule has 12 nitrogen and oxygen atoms in total. The molecule has 2 heterocycles. The maximum Gasteiger partial charge on any atom is 0.311 e. The van der Waals surface area contributed by atoms with Crippen LogP contribution in [0.4, 0.5) is 11.4 Å². The Morgan fingerprint density at radius 1 is 0.900 bits per heavy atom. The number of piperazine rings is 1. The normalized spacial score (nSPS) is 15.0. The lowest BCUT2D eigenvalue weighted by molar-refractivity contribution is -0.385. The van der Waals surface area contributed by atoms with E-state index in [0.29, 0.717) is 38.5 Å². The Hall–Kier alpha value is -4.84. The molecular weight excluding hydrogens is 640 g/mol. The molecule has 0 atom stereocenters. The number of piperidine rings is 1. The average molecular weight is 693 g/mol. The average Bonchev–Trinajstić information content (AvgIpc) is 3.10. The molecule has 50 heavy (non-hydrogen) atoms. The molecule has 2 aliphatic rings. The fourth-order valence-corrected chi connectivity index (χ4v) is 5.64. The predicted octanol–water partition coefficient (Wildman–Crippen LogP) is 6.52. The van der Waals surface area contributed by atoms with E-state index in [4.69, 9.17) is 24.1 Å². The first-order valence-corrected chi connectivity index (χ1v) is 16.9. The third-order valence-corrected chi connectivity index (χ3v) is 8.26. The van der Waals surface area contributed by atoms with Gasteiger partial charge in [-0.1, -0.05) is 51.6 Å². The number of nitrogens with zero attached hydrogens (tertiary/aromatic N) is 4. The minimum absolute atomic E-state index is 0. The topological polar surface area (TPSA) is 135 Å². The van der Waals surface area contributed by atoms with Gasteiger partial charge in [0.1, 0.15) is 24.2 Å². The van der Waals surface area contributed by atoms with Crippen molar-refractivity contribution in [3.8, 4) is 17.2 Å². The molecule has 0 aliphatic carbocycles. The molecule has 2 aliphatic heterocycles. The highest BCUT2D eigenvalue weighted by atomic mass is 16.6. The van der Waals surface area contributed by atoms with E-state index in [1.54, 1.807) is 12.1 Å². The number of amides is 1. The Labute approximate surface area is 295 Å². The van der Waals surface area contributed by atoms with Crippen LogP contribution in [-0.4, -0.2) is 90.2 Å². The molecular formula is C38H52N4O8. The number of carboxylic acids is 1. The number of hydrogen-bond acceptors (Lipinski definition) is 9. The van der Waals surface area contributed by atoms with Crippen LogP contribution in [0.5, 0.6) is 17.2 Å². The number of aliphatic carboxylic acids is 1. The second-order valence-electron chi connectivity index (χ2n) is 12.7. The quantitative estimate of drug-likeness (QED) is 0.156. The van der Waals surface area contributed by atoms with Gasteiger partial charge in [0.25, 0.3) is 5.97 Å². The first kappa shape index (κ1) is 39.6. The van der Waals surface area contributed by atoms with Crippen molar-refractivity contribution >= 4 is 23.3 Å². The van der Waals surface area contributed by atoms with Crippen LogP contribution in [-0.2, 0) is 16.2 Å². The van der Waals surface area contributed by atoms with Gasteiger partial charge in [-0.2, -0.15) is 0 Å². The Morgan fingerprint density at radius 2 is 1.52 bits per heavy atom. The summed E-state index contributed by atoms with van der Waals surface area (Å²) in [6.45, 7) is 11.8. The lowest BCUT2D eigenvalue weighted by Gasteiger charge is -2.37. The van der Waals surface area contributed by atoms with Gasteiger partial charge >= 0.3 is 5.69 Å². The largest absolute Gasteiger partial charge is 0.490 e. The zero-order valence-electron chi connectivity index (χ0n) is 28.7. The number of ether oxygens (including phenoxy) is 3. The summed E-state index contributed by atoms with van der Waals surface area (Å²) >= 11 is 0. The number of benzene rings is 3. The zero-order valence-corrected chi connectivity index (χ0v) is 28.7. The molecule has 2 fully saturated rings. The first-order valence-electron chi connectivity index (χ1n) is 16.9. The van der Waals surface area contributed by atoms with Gasteiger partial charge in [0.15, 0.2) is 0 Å². The molecule has 0 bridgehead atoms. The number of carboxylic acid groups (broad SMARTS) is 1. The molecule has 0 aromatic heterocycles. The van der Waals surface area contributed by atoms with Crippen molar-refractivity contribution in [3.05, 3.63) is 88.5 Å². The predicted molar refractivity (Wildman–Crippen MR) is 194 cm³/mol. The maximum atomic E-state index is 13.0. The summed E-state index contributed by atoms with van der Waals surface area (Å²) in [5.41, 5.74) is 2.27. The van der Waals surface area contributed by atoms with E-state index in [9.17, 15) is 14.9 Å². The van der Waals surface area contributed by atoms with Crippen LogP contribution in [0.2, 0.25) is 0 Å². The molecule has 272 valence electrons. The van der Waals surface area contributed by atoms with E-state index in [0.717, 1.165) is 63.8 Å². The highest BCUT2D eigenvalue weighted by molar-refractivity contribution is 5.76. The van der Waals surface area contributed by atoms with Crippen molar-refractivity contribution in [2.75, 3.05) is 57.3 Å². The number of anilines is 1. The highest BCUT2D eigenvalue weighted by Gasteiger charge is 2.26. The Morgan fingerprint density at radius 3 is 2.12 bits per heavy atom. The fourth-order valence-electron chi connectivity index (χ4n) is 5.64. The smallest absolute Gasteiger partial charge is 0.311 e. The SMILES string of the molecule is C.CC(=O)O.CC(C)COc1cc(OC2CCN(C(=O)CCN3CCN(c4ccc(OCc5ccccc5)cc4)CC3)CC2)ccc1[N+](=O)[O-]. The third kappa shape index (κ3) is 12.9. The number of hydrogen-bond donors (Lipinski definition) is 1. The minimum Gasteiger partial charge on any atom is -0.490 e. The van der Waals surface area contributed by atoms with Crippen LogP contribution in [0.1, 0.15) is 53.0 Å². The highest BCUT2D eigenvalue weighted by Crippen LogP contribution is 2.33. The van der Waals surface area contributed by atoms with Gasteiger partial charge in [-0.25, -0.2) is 0 Å². The monoisotopic (exact) mass is 692 g/mol.